The first-order valence-electron chi connectivity index (χ1n) is 6.74. The Balaban J connectivity index is 1.51. The van der Waals surface area contributed by atoms with Gasteiger partial charge in [0.15, 0.2) is 5.82 Å². The van der Waals surface area contributed by atoms with Gasteiger partial charge in [0.05, 0.1) is 11.8 Å². The van der Waals surface area contributed by atoms with E-state index in [0.717, 1.165) is 24.4 Å². The van der Waals surface area contributed by atoms with E-state index in [9.17, 15) is 4.79 Å². The number of carbonyl (C=O) groups is 1. The van der Waals surface area contributed by atoms with Crippen LogP contribution in [0.25, 0.3) is 0 Å². The molecule has 20 heavy (non-hydrogen) atoms. The quantitative estimate of drug-likeness (QED) is 0.878. The molecule has 1 fully saturated rings. The van der Waals surface area contributed by atoms with Crippen molar-refractivity contribution in [2.24, 2.45) is 7.05 Å². The molecule has 1 aliphatic rings. The van der Waals surface area contributed by atoms with E-state index >= 15 is 0 Å². The summed E-state index contributed by atoms with van der Waals surface area (Å²) in [7, 11) is 1.81. The molecule has 1 N–H and O–H groups in total. The van der Waals surface area contributed by atoms with Crippen LogP contribution < -0.4 is 5.32 Å². The highest BCUT2D eigenvalue weighted by Gasteiger charge is 2.28. The molecule has 0 radical (unpaired) electrons. The molecule has 7 heteroatoms. The summed E-state index contributed by atoms with van der Waals surface area (Å²) < 4.78 is 6.83. The van der Waals surface area contributed by atoms with Gasteiger partial charge in [-0.05, 0) is 19.8 Å². The monoisotopic (exact) mass is 275 g/mol. The van der Waals surface area contributed by atoms with Gasteiger partial charge in [-0.1, -0.05) is 5.16 Å². The van der Waals surface area contributed by atoms with E-state index < -0.39 is 0 Å². The third kappa shape index (κ3) is 2.56. The number of nitrogens with one attached hydrogen (secondary N) is 1. The molecule has 1 amide bonds. The fourth-order valence-electron chi connectivity index (χ4n) is 1.98. The molecule has 3 rings (SSSR count). The van der Waals surface area contributed by atoms with Crippen molar-refractivity contribution in [3.63, 3.8) is 0 Å². The first-order valence-corrected chi connectivity index (χ1v) is 6.74. The van der Waals surface area contributed by atoms with Crippen molar-refractivity contribution in [2.45, 2.75) is 32.1 Å². The fourth-order valence-corrected chi connectivity index (χ4v) is 1.98. The van der Waals surface area contributed by atoms with E-state index in [0.29, 0.717) is 30.3 Å². The van der Waals surface area contributed by atoms with Gasteiger partial charge in [0.1, 0.15) is 0 Å². The zero-order chi connectivity index (χ0) is 14.1. The lowest BCUT2D eigenvalue weighted by molar-refractivity contribution is 0.0952. The number of aryl methyl sites for hydroxylation is 1. The van der Waals surface area contributed by atoms with Gasteiger partial charge in [-0.15, -0.1) is 0 Å². The van der Waals surface area contributed by atoms with Crippen LogP contribution in [0.2, 0.25) is 0 Å². The third-order valence-electron chi connectivity index (χ3n) is 3.53. The largest absolute Gasteiger partial charge is 0.351 e. The van der Waals surface area contributed by atoms with Gasteiger partial charge in [0.25, 0.3) is 5.91 Å². The minimum Gasteiger partial charge on any atom is -0.351 e. The van der Waals surface area contributed by atoms with E-state index in [-0.39, 0.29) is 5.91 Å². The molecule has 0 aliphatic heterocycles. The Bertz CT molecular complexity index is 626. The normalized spacial score (nSPS) is 14.5. The maximum atomic E-state index is 12.0. The number of carbonyl (C=O) groups excluding carboxylic acids is 1. The number of nitrogens with zero attached hydrogens (tertiary/aromatic N) is 4. The van der Waals surface area contributed by atoms with Crippen molar-refractivity contribution in [3.05, 3.63) is 29.2 Å². The average Bonchev–Trinajstić information content (AvgIpc) is 3.09. The van der Waals surface area contributed by atoms with Crippen molar-refractivity contribution < 1.29 is 9.32 Å². The molecular weight excluding hydrogens is 258 g/mol. The van der Waals surface area contributed by atoms with Crippen molar-refractivity contribution in [1.82, 2.24) is 25.2 Å². The standard InChI is InChI=1S/C13H17N5O2/c1-8-10(7-15-18(8)2)13(19)14-6-5-11-16-12(17-20-11)9-3-4-9/h7,9H,3-6H2,1-2H3,(H,14,19). The van der Waals surface area contributed by atoms with Crippen LogP contribution in [-0.2, 0) is 13.5 Å². The highest BCUT2D eigenvalue weighted by Crippen LogP contribution is 2.38. The lowest BCUT2D eigenvalue weighted by atomic mass is 10.2. The molecular formula is C13H17N5O2. The molecule has 2 aromatic rings. The van der Waals surface area contributed by atoms with Crippen LogP contribution in [0.1, 0.15) is 46.5 Å². The number of hydrogen-bond donors (Lipinski definition) is 1. The van der Waals surface area contributed by atoms with Crippen LogP contribution >= 0.6 is 0 Å². The van der Waals surface area contributed by atoms with Crippen LogP contribution in [0.5, 0.6) is 0 Å². The summed E-state index contributed by atoms with van der Waals surface area (Å²) in [6.45, 7) is 2.33. The van der Waals surface area contributed by atoms with E-state index in [1.54, 1.807) is 10.9 Å². The Hall–Kier alpha value is -2.18. The van der Waals surface area contributed by atoms with E-state index in [2.05, 4.69) is 20.6 Å². The summed E-state index contributed by atoms with van der Waals surface area (Å²) >= 11 is 0. The topological polar surface area (TPSA) is 85.8 Å². The smallest absolute Gasteiger partial charge is 0.254 e. The molecule has 1 saturated carbocycles. The maximum Gasteiger partial charge on any atom is 0.254 e. The fraction of sp³-hybridized carbons (Fsp3) is 0.538. The summed E-state index contributed by atoms with van der Waals surface area (Å²) in [5.74, 6) is 1.74. The highest BCUT2D eigenvalue weighted by atomic mass is 16.5. The molecule has 2 heterocycles. The second-order valence-electron chi connectivity index (χ2n) is 5.09. The Labute approximate surface area is 116 Å². The van der Waals surface area contributed by atoms with E-state index in [1.165, 1.54) is 0 Å². The van der Waals surface area contributed by atoms with Gasteiger partial charge in [0, 0.05) is 31.6 Å². The van der Waals surface area contributed by atoms with Gasteiger partial charge < -0.3 is 9.84 Å². The molecule has 0 unspecified atom stereocenters. The zero-order valence-electron chi connectivity index (χ0n) is 11.6. The van der Waals surface area contributed by atoms with Crippen LogP contribution in [0.15, 0.2) is 10.7 Å². The predicted octanol–water partition coefficient (Wildman–Crippen LogP) is 0.961. The van der Waals surface area contributed by atoms with Gasteiger partial charge >= 0.3 is 0 Å². The van der Waals surface area contributed by atoms with Crippen molar-refractivity contribution in [1.29, 1.82) is 0 Å². The molecule has 0 bridgehead atoms. The first kappa shape index (κ1) is 12.8. The SMILES string of the molecule is Cc1c(C(=O)NCCc2nc(C3CC3)no2)cnn1C. The highest BCUT2D eigenvalue weighted by molar-refractivity contribution is 5.94. The number of amides is 1. The first-order chi connectivity index (χ1) is 9.65. The second kappa shape index (κ2) is 5.07. The summed E-state index contributed by atoms with van der Waals surface area (Å²) in [6, 6.07) is 0. The summed E-state index contributed by atoms with van der Waals surface area (Å²) in [5.41, 5.74) is 1.44. The second-order valence-corrected chi connectivity index (χ2v) is 5.09. The molecule has 0 saturated heterocycles. The van der Waals surface area contributed by atoms with Gasteiger partial charge in [-0.25, -0.2) is 0 Å². The van der Waals surface area contributed by atoms with Gasteiger partial charge in [0.2, 0.25) is 5.89 Å². The Morgan fingerprint density at radius 3 is 3.00 bits per heavy atom. The van der Waals surface area contributed by atoms with Crippen LogP contribution in [0, 0.1) is 6.92 Å². The molecule has 0 aromatic carbocycles. The molecule has 0 spiro atoms. The maximum absolute atomic E-state index is 12.0. The average molecular weight is 275 g/mol. The van der Waals surface area contributed by atoms with Crippen LogP contribution in [-0.4, -0.2) is 32.4 Å². The molecule has 0 atom stereocenters. The Kier molecular flexibility index (Phi) is 3.25. The predicted molar refractivity (Wildman–Crippen MR) is 70.3 cm³/mol. The summed E-state index contributed by atoms with van der Waals surface area (Å²) in [4.78, 5) is 16.3. The number of hydrogen-bond acceptors (Lipinski definition) is 5. The van der Waals surface area contributed by atoms with Crippen LogP contribution in [0.4, 0.5) is 0 Å². The van der Waals surface area contributed by atoms with Gasteiger partial charge in [-0.3, -0.25) is 9.48 Å². The lowest BCUT2D eigenvalue weighted by Gasteiger charge is -2.02. The molecule has 7 nitrogen and oxygen atoms in total. The van der Waals surface area contributed by atoms with Crippen LogP contribution in [0.3, 0.4) is 0 Å². The third-order valence-corrected chi connectivity index (χ3v) is 3.53. The van der Waals surface area contributed by atoms with Crippen molar-refractivity contribution in [2.75, 3.05) is 6.54 Å². The van der Waals surface area contributed by atoms with Gasteiger partial charge in [-0.2, -0.15) is 10.1 Å². The Morgan fingerprint density at radius 1 is 1.55 bits per heavy atom. The van der Waals surface area contributed by atoms with Crippen molar-refractivity contribution in [3.8, 4) is 0 Å². The summed E-state index contributed by atoms with van der Waals surface area (Å²) in [5, 5.41) is 10.8. The number of rotatable bonds is 5. The Morgan fingerprint density at radius 2 is 2.35 bits per heavy atom. The molecule has 2 aromatic heterocycles. The number of aromatic nitrogens is 4. The minimum atomic E-state index is -0.127. The van der Waals surface area contributed by atoms with E-state index in [1.807, 2.05) is 14.0 Å². The minimum absolute atomic E-state index is 0.127. The molecule has 1 aliphatic carbocycles. The summed E-state index contributed by atoms with van der Waals surface area (Å²) in [6.07, 6.45) is 4.42. The lowest BCUT2D eigenvalue weighted by Crippen LogP contribution is -2.26. The van der Waals surface area contributed by atoms with E-state index in [4.69, 9.17) is 4.52 Å². The molecule has 106 valence electrons. The van der Waals surface area contributed by atoms with Crippen molar-refractivity contribution >= 4 is 5.91 Å². The zero-order valence-corrected chi connectivity index (χ0v) is 11.6.